The van der Waals surface area contributed by atoms with Crippen molar-refractivity contribution in [2.24, 2.45) is 5.41 Å². The minimum Gasteiger partial charge on any atom is -0.479 e. The maximum atomic E-state index is 9.77. The minimum atomic E-state index is -2.27. The van der Waals surface area contributed by atoms with Gasteiger partial charge in [-0.05, 0) is 0 Å². The molecule has 8 nitrogen and oxygen atoms in total. The standard InChI is InChI=1S/C5H12O2.C4H6O6/c1-5(2,3-6)4-7;5-1(3(7)8)2(6)4(9)10/h6-7H,3-4H2,1-2H3;1-2,5-6H,(H,7,8)(H,9,10). The van der Waals surface area contributed by atoms with Crippen LogP contribution >= 0.6 is 0 Å². The van der Waals surface area contributed by atoms with Crippen LogP contribution in [0.15, 0.2) is 0 Å². The van der Waals surface area contributed by atoms with Gasteiger partial charge in [0.25, 0.3) is 0 Å². The summed E-state index contributed by atoms with van der Waals surface area (Å²) in [5.41, 5.74) is -0.306. The molecule has 2 unspecified atom stereocenters. The largest absolute Gasteiger partial charge is 0.479 e. The number of hydrogen-bond donors (Lipinski definition) is 6. The summed E-state index contributed by atoms with van der Waals surface area (Å²) in [6.45, 7) is 3.69. The Morgan fingerprint density at radius 2 is 1.18 bits per heavy atom. The van der Waals surface area contributed by atoms with Crippen LogP contribution < -0.4 is 0 Å². The number of aliphatic hydroxyl groups excluding tert-OH is 4. The Labute approximate surface area is 97.8 Å². The Bertz CT molecular complexity index is 225. The van der Waals surface area contributed by atoms with Gasteiger partial charge in [-0.15, -0.1) is 0 Å². The fourth-order valence-electron chi connectivity index (χ4n) is 0.320. The number of carboxylic acids is 2. The van der Waals surface area contributed by atoms with Gasteiger partial charge in [-0.1, -0.05) is 13.8 Å². The van der Waals surface area contributed by atoms with Crippen LogP contribution in [-0.4, -0.2) is 68.0 Å². The molecule has 0 saturated carbocycles. The van der Waals surface area contributed by atoms with E-state index in [2.05, 4.69) is 0 Å². The predicted molar refractivity (Wildman–Crippen MR) is 55.2 cm³/mol. The molecule has 0 radical (unpaired) electrons. The lowest BCUT2D eigenvalue weighted by atomic mass is 9.97. The SMILES string of the molecule is CC(C)(CO)CO.O=C(O)C(O)C(O)C(=O)O. The van der Waals surface area contributed by atoms with E-state index in [1.165, 1.54) is 0 Å². The Morgan fingerprint density at radius 3 is 1.24 bits per heavy atom. The molecule has 2 atom stereocenters. The van der Waals surface area contributed by atoms with Gasteiger partial charge in [0.05, 0.1) is 13.2 Å². The normalized spacial score (nSPS) is 14.2. The second-order valence-corrected chi connectivity index (χ2v) is 4.05. The van der Waals surface area contributed by atoms with Gasteiger partial charge in [-0.3, -0.25) is 0 Å². The molecule has 0 spiro atoms. The molecule has 0 aromatic rings. The monoisotopic (exact) mass is 254 g/mol. The predicted octanol–water partition coefficient (Wildman–Crippen LogP) is -2.13. The maximum Gasteiger partial charge on any atom is 0.335 e. The zero-order valence-corrected chi connectivity index (χ0v) is 9.57. The molecule has 0 bridgehead atoms. The molecule has 6 N–H and O–H groups in total. The topological polar surface area (TPSA) is 156 Å². The number of carboxylic acid groups (broad SMARTS) is 2. The van der Waals surface area contributed by atoms with E-state index >= 15 is 0 Å². The minimum absolute atomic E-state index is 0.0451. The first-order chi connectivity index (χ1) is 7.59. The van der Waals surface area contributed by atoms with E-state index < -0.39 is 24.1 Å². The van der Waals surface area contributed by atoms with Crippen LogP contribution in [0.3, 0.4) is 0 Å². The molecule has 0 rings (SSSR count). The van der Waals surface area contributed by atoms with E-state index in [9.17, 15) is 9.59 Å². The molecule has 0 heterocycles. The van der Waals surface area contributed by atoms with E-state index in [4.69, 9.17) is 30.6 Å². The lowest BCUT2D eigenvalue weighted by Gasteiger charge is -2.16. The Hall–Kier alpha value is -1.22. The first kappa shape index (κ1) is 18.2. The highest BCUT2D eigenvalue weighted by molar-refractivity contribution is 5.83. The van der Waals surface area contributed by atoms with Crippen LogP contribution in [0.5, 0.6) is 0 Å². The molecule has 0 fully saturated rings. The van der Waals surface area contributed by atoms with Crippen LogP contribution in [0.1, 0.15) is 13.8 Å². The Balaban J connectivity index is 0. The van der Waals surface area contributed by atoms with Crippen molar-refractivity contribution in [2.45, 2.75) is 26.1 Å². The number of rotatable bonds is 5. The van der Waals surface area contributed by atoms with E-state index in [0.29, 0.717) is 0 Å². The average Bonchev–Trinajstić information content (AvgIpc) is 2.27. The fourth-order valence-corrected chi connectivity index (χ4v) is 0.320. The molecule has 102 valence electrons. The van der Waals surface area contributed by atoms with Gasteiger partial charge in [-0.2, -0.15) is 0 Å². The highest BCUT2D eigenvalue weighted by Crippen LogP contribution is 2.10. The zero-order valence-electron chi connectivity index (χ0n) is 9.57. The number of aliphatic carboxylic acids is 2. The van der Waals surface area contributed by atoms with E-state index in [1.807, 2.05) is 0 Å². The third-order valence-corrected chi connectivity index (χ3v) is 1.66. The summed E-state index contributed by atoms with van der Waals surface area (Å²) >= 11 is 0. The molecule has 8 heteroatoms. The summed E-state index contributed by atoms with van der Waals surface area (Å²) in [6, 6.07) is 0. The smallest absolute Gasteiger partial charge is 0.335 e. The summed E-state index contributed by atoms with van der Waals surface area (Å²) in [4.78, 5) is 19.5. The fraction of sp³-hybridized carbons (Fsp3) is 0.778. The molecular weight excluding hydrogens is 236 g/mol. The number of aliphatic hydroxyl groups is 4. The number of hydrogen-bond acceptors (Lipinski definition) is 6. The summed E-state index contributed by atoms with van der Waals surface area (Å²) in [5, 5.41) is 49.4. The van der Waals surface area contributed by atoms with Gasteiger partial charge in [-0.25, -0.2) is 9.59 Å². The molecule has 0 amide bonds. The Morgan fingerprint density at radius 1 is 0.941 bits per heavy atom. The van der Waals surface area contributed by atoms with E-state index in [0.717, 1.165) is 0 Å². The van der Waals surface area contributed by atoms with Gasteiger partial charge >= 0.3 is 11.9 Å². The van der Waals surface area contributed by atoms with Crippen molar-refractivity contribution in [3.05, 3.63) is 0 Å². The molecule has 17 heavy (non-hydrogen) atoms. The molecule has 0 aromatic heterocycles. The molecule has 0 aromatic carbocycles. The van der Waals surface area contributed by atoms with Crippen LogP contribution in [0, 0.1) is 5.41 Å². The molecule has 0 aliphatic rings. The molecule has 0 aliphatic carbocycles. The van der Waals surface area contributed by atoms with Crippen LogP contribution in [0.2, 0.25) is 0 Å². The van der Waals surface area contributed by atoms with Crippen molar-refractivity contribution < 1.29 is 40.2 Å². The van der Waals surface area contributed by atoms with Crippen molar-refractivity contribution in [3.63, 3.8) is 0 Å². The summed E-state index contributed by atoms with van der Waals surface area (Å²) in [5.74, 6) is -3.54. The second-order valence-electron chi connectivity index (χ2n) is 4.05. The zero-order chi connectivity index (χ0) is 14.2. The van der Waals surface area contributed by atoms with E-state index in [-0.39, 0.29) is 18.6 Å². The third-order valence-electron chi connectivity index (χ3n) is 1.66. The van der Waals surface area contributed by atoms with Crippen molar-refractivity contribution >= 4 is 11.9 Å². The van der Waals surface area contributed by atoms with Crippen LogP contribution in [0.4, 0.5) is 0 Å². The lowest BCUT2D eigenvalue weighted by Crippen LogP contribution is -2.39. The first-order valence-corrected chi connectivity index (χ1v) is 4.62. The van der Waals surface area contributed by atoms with E-state index in [1.54, 1.807) is 13.8 Å². The summed E-state index contributed by atoms with van der Waals surface area (Å²) in [7, 11) is 0. The van der Waals surface area contributed by atoms with Gasteiger partial charge in [0.2, 0.25) is 0 Å². The quantitative estimate of drug-likeness (QED) is 0.325. The summed E-state index contributed by atoms with van der Waals surface area (Å²) in [6.07, 6.45) is -4.53. The Kier molecular flexibility index (Phi) is 8.50. The van der Waals surface area contributed by atoms with Crippen molar-refractivity contribution in [2.75, 3.05) is 13.2 Å². The van der Waals surface area contributed by atoms with Gasteiger partial charge in [0.15, 0.2) is 12.2 Å². The van der Waals surface area contributed by atoms with Crippen LogP contribution in [0.25, 0.3) is 0 Å². The van der Waals surface area contributed by atoms with Crippen LogP contribution in [-0.2, 0) is 9.59 Å². The first-order valence-electron chi connectivity index (χ1n) is 4.62. The molecular formula is C9H18O8. The maximum absolute atomic E-state index is 9.77. The third kappa shape index (κ3) is 8.57. The lowest BCUT2D eigenvalue weighted by molar-refractivity contribution is -0.165. The van der Waals surface area contributed by atoms with Crippen molar-refractivity contribution in [1.29, 1.82) is 0 Å². The average molecular weight is 254 g/mol. The van der Waals surface area contributed by atoms with Gasteiger partial charge in [0, 0.05) is 5.41 Å². The highest BCUT2D eigenvalue weighted by atomic mass is 16.4. The highest BCUT2D eigenvalue weighted by Gasteiger charge is 2.29. The van der Waals surface area contributed by atoms with Gasteiger partial charge < -0.3 is 30.6 Å². The molecule has 0 aliphatic heterocycles. The van der Waals surface area contributed by atoms with Crippen molar-refractivity contribution in [1.82, 2.24) is 0 Å². The summed E-state index contributed by atoms with van der Waals surface area (Å²) < 4.78 is 0. The van der Waals surface area contributed by atoms with Gasteiger partial charge in [0.1, 0.15) is 0 Å². The second kappa shape index (κ2) is 7.96. The molecule has 0 saturated heterocycles. The number of carbonyl (C=O) groups is 2. The van der Waals surface area contributed by atoms with Crippen molar-refractivity contribution in [3.8, 4) is 0 Å².